The first-order chi connectivity index (χ1) is 43.7. The van der Waals surface area contributed by atoms with Crippen LogP contribution in [0.15, 0.2) is 340 Å². The normalized spacial score (nSPS) is 13.4. The molecule has 0 bridgehead atoms. The largest absolute Gasteiger partial charge is 0.310 e. The zero-order valence-corrected chi connectivity index (χ0v) is 48.2. The Morgan fingerprint density at radius 1 is 0.227 bits per heavy atom. The second-order valence-electron chi connectivity index (χ2n) is 23.8. The summed E-state index contributed by atoms with van der Waals surface area (Å²) in [6, 6.07) is 127. The van der Waals surface area contributed by atoms with E-state index in [4.69, 9.17) is 0 Å². The molecular formula is C86H56N2. The Labute approximate surface area is 512 Å². The molecule has 0 unspecified atom stereocenters. The Morgan fingerprint density at radius 3 is 1.30 bits per heavy atom. The van der Waals surface area contributed by atoms with Crippen molar-refractivity contribution in [3.63, 3.8) is 0 Å². The van der Waals surface area contributed by atoms with Crippen molar-refractivity contribution in [3.8, 4) is 72.4 Å². The number of rotatable bonds is 9. The summed E-state index contributed by atoms with van der Waals surface area (Å²) < 4.78 is 2.54. The van der Waals surface area contributed by atoms with Crippen molar-refractivity contribution in [3.05, 3.63) is 384 Å². The molecule has 0 saturated heterocycles. The maximum absolute atomic E-state index is 2.54. The fraction of sp³-hybridized carbons (Fsp3) is 0.0233. The summed E-state index contributed by atoms with van der Waals surface area (Å²) in [6.07, 6.45) is 0. The molecule has 14 aromatic carbocycles. The van der Waals surface area contributed by atoms with Crippen molar-refractivity contribution in [2.45, 2.75) is 10.8 Å². The summed E-state index contributed by atoms with van der Waals surface area (Å²) in [7, 11) is 0. The molecule has 410 valence electrons. The highest BCUT2D eigenvalue weighted by Gasteiger charge is 2.52. The van der Waals surface area contributed by atoms with E-state index < -0.39 is 10.8 Å². The molecule has 3 aliphatic carbocycles. The van der Waals surface area contributed by atoms with E-state index in [1.54, 1.807) is 0 Å². The van der Waals surface area contributed by atoms with E-state index in [2.05, 4.69) is 349 Å². The van der Waals surface area contributed by atoms with Gasteiger partial charge in [-0.05, 0) is 160 Å². The minimum absolute atomic E-state index is 0.481. The van der Waals surface area contributed by atoms with Crippen LogP contribution in [0.4, 0.5) is 17.1 Å². The molecule has 3 aliphatic rings. The van der Waals surface area contributed by atoms with E-state index in [-0.39, 0.29) is 0 Å². The van der Waals surface area contributed by atoms with Gasteiger partial charge in [0.15, 0.2) is 0 Å². The van der Waals surface area contributed by atoms with Crippen LogP contribution in [0.3, 0.4) is 0 Å². The Hall–Kier alpha value is -11.3. The van der Waals surface area contributed by atoms with Gasteiger partial charge in [-0.15, -0.1) is 0 Å². The molecular weight excluding hydrogens is 1060 g/mol. The van der Waals surface area contributed by atoms with Crippen LogP contribution in [-0.4, -0.2) is 4.57 Å². The summed E-state index contributed by atoms with van der Waals surface area (Å²) >= 11 is 0. The number of anilines is 3. The molecule has 0 atom stereocenters. The van der Waals surface area contributed by atoms with E-state index in [1.165, 1.54) is 128 Å². The van der Waals surface area contributed by atoms with E-state index in [1.807, 2.05) is 0 Å². The molecule has 18 rings (SSSR count). The van der Waals surface area contributed by atoms with Gasteiger partial charge in [-0.25, -0.2) is 0 Å². The summed E-state index contributed by atoms with van der Waals surface area (Å²) in [4.78, 5) is 2.47. The number of aromatic nitrogens is 1. The Balaban J connectivity index is 0.807. The molecule has 0 N–H and O–H groups in total. The van der Waals surface area contributed by atoms with E-state index in [0.29, 0.717) is 0 Å². The minimum Gasteiger partial charge on any atom is -0.310 e. The lowest BCUT2D eigenvalue weighted by Crippen LogP contribution is -2.28. The van der Waals surface area contributed by atoms with Crippen LogP contribution in [0.5, 0.6) is 0 Å². The monoisotopic (exact) mass is 1120 g/mol. The van der Waals surface area contributed by atoms with E-state index >= 15 is 0 Å². The molecule has 15 aromatic rings. The Kier molecular flexibility index (Phi) is 11.2. The van der Waals surface area contributed by atoms with Crippen molar-refractivity contribution in [1.82, 2.24) is 4.57 Å². The smallest absolute Gasteiger partial charge is 0.0726 e. The zero-order chi connectivity index (χ0) is 57.9. The van der Waals surface area contributed by atoms with Crippen LogP contribution >= 0.6 is 0 Å². The van der Waals surface area contributed by atoms with Gasteiger partial charge in [-0.2, -0.15) is 0 Å². The van der Waals surface area contributed by atoms with Gasteiger partial charge in [0.05, 0.1) is 27.6 Å². The van der Waals surface area contributed by atoms with Gasteiger partial charge in [0.25, 0.3) is 0 Å². The van der Waals surface area contributed by atoms with E-state index in [9.17, 15) is 0 Å². The van der Waals surface area contributed by atoms with Crippen LogP contribution in [0.1, 0.15) is 44.5 Å². The first-order valence-electron chi connectivity index (χ1n) is 30.7. The van der Waals surface area contributed by atoms with Crippen molar-refractivity contribution in [2.24, 2.45) is 0 Å². The van der Waals surface area contributed by atoms with Gasteiger partial charge in [-0.3, -0.25) is 0 Å². The number of nitrogens with zero attached hydrogens (tertiary/aromatic N) is 2. The molecule has 1 heterocycles. The quantitative estimate of drug-likeness (QED) is 0.140. The summed E-state index contributed by atoms with van der Waals surface area (Å²) in [5.41, 5.74) is 30.9. The number of fused-ring (bicyclic) bond motifs is 16. The number of benzene rings is 14. The third kappa shape index (κ3) is 7.12. The van der Waals surface area contributed by atoms with Gasteiger partial charge in [0, 0.05) is 33.4 Å². The topological polar surface area (TPSA) is 8.17 Å². The van der Waals surface area contributed by atoms with Crippen molar-refractivity contribution >= 4 is 38.9 Å². The highest BCUT2D eigenvalue weighted by Crippen LogP contribution is 2.64. The zero-order valence-electron chi connectivity index (χ0n) is 48.2. The fourth-order valence-electron chi connectivity index (χ4n) is 16.0. The molecule has 1 aromatic heterocycles. The van der Waals surface area contributed by atoms with Crippen molar-refractivity contribution in [1.29, 1.82) is 0 Å². The first kappa shape index (κ1) is 50.0. The SMILES string of the molecule is c1ccc(-c2ccc(N(c3cccc(-c4ccccc4-c4ccc5c6ccccc6n(-c6cccc7c6-c6ccccc6C7(c6ccccc6)c6ccccc6)c5c4)c3)c3ccc4c(c3)C3(c5ccccc5-c5ccccc53)c3ccccc3-4)cc2)cc1. The molecule has 0 aliphatic heterocycles. The van der Waals surface area contributed by atoms with Crippen molar-refractivity contribution < 1.29 is 0 Å². The van der Waals surface area contributed by atoms with Gasteiger partial charge < -0.3 is 9.47 Å². The highest BCUT2D eigenvalue weighted by molar-refractivity contribution is 6.11. The summed E-state index contributed by atoms with van der Waals surface area (Å²) in [6.45, 7) is 0. The van der Waals surface area contributed by atoms with Crippen LogP contribution in [0, 0.1) is 0 Å². The van der Waals surface area contributed by atoms with Crippen molar-refractivity contribution in [2.75, 3.05) is 4.90 Å². The summed E-state index contributed by atoms with van der Waals surface area (Å²) in [5.74, 6) is 0. The summed E-state index contributed by atoms with van der Waals surface area (Å²) in [5, 5.41) is 2.45. The Bertz CT molecular complexity index is 5160. The third-order valence-electron chi connectivity index (χ3n) is 19.5. The average molecular weight is 1120 g/mol. The molecule has 0 saturated carbocycles. The van der Waals surface area contributed by atoms with Crippen LogP contribution < -0.4 is 4.90 Å². The lowest BCUT2D eigenvalue weighted by molar-refractivity contribution is 0.768. The first-order valence-corrected chi connectivity index (χ1v) is 30.7. The maximum Gasteiger partial charge on any atom is 0.0726 e. The lowest BCUT2D eigenvalue weighted by Gasteiger charge is -2.34. The maximum atomic E-state index is 2.54. The average Bonchev–Trinajstić information content (AvgIpc) is 1.53. The molecule has 0 amide bonds. The van der Waals surface area contributed by atoms with Gasteiger partial charge >= 0.3 is 0 Å². The van der Waals surface area contributed by atoms with Gasteiger partial charge in [0.1, 0.15) is 0 Å². The lowest BCUT2D eigenvalue weighted by atomic mass is 9.68. The molecule has 1 spiro atoms. The second-order valence-corrected chi connectivity index (χ2v) is 23.8. The number of hydrogen-bond donors (Lipinski definition) is 0. The van der Waals surface area contributed by atoms with Gasteiger partial charge in [-0.1, -0.05) is 285 Å². The number of para-hydroxylation sites is 1. The van der Waals surface area contributed by atoms with Gasteiger partial charge in [0.2, 0.25) is 0 Å². The molecule has 2 heteroatoms. The van der Waals surface area contributed by atoms with Crippen LogP contribution in [-0.2, 0) is 10.8 Å². The second kappa shape index (κ2) is 19.6. The standard InChI is InChI=1S/C86H56N2/c1-4-24-57(25-5-1)58-46-49-63(50-47-58)87(65-51-53-71-70-36-14-19-41-77(70)86(80(71)56-65)75-39-17-12-34-68(75)69-35-13-18-40-76(69)86)64-31-22-26-59(54-64)66-32-10-11-33-67(66)60-48-52-73-72-37-16-21-44-81(72)88(83(73)55-60)82-45-23-43-79-84(82)74-38-15-20-42-78(74)85(79,61-27-6-2-7-28-61)62-29-8-3-9-30-62/h1-56H. The predicted octanol–water partition coefficient (Wildman–Crippen LogP) is 22.0. The van der Waals surface area contributed by atoms with Crippen LogP contribution in [0.2, 0.25) is 0 Å². The molecule has 2 nitrogen and oxygen atoms in total. The molecule has 0 fully saturated rings. The van der Waals surface area contributed by atoms with Crippen LogP contribution in [0.25, 0.3) is 94.3 Å². The number of hydrogen-bond acceptors (Lipinski definition) is 1. The fourth-order valence-corrected chi connectivity index (χ4v) is 16.0. The third-order valence-corrected chi connectivity index (χ3v) is 19.5. The highest BCUT2D eigenvalue weighted by atomic mass is 15.1. The molecule has 0 radical (unpaired) electrons. The van der Waals surface area contributed by atoms with E-state index in [0.717, 1.165) is 28.2 Å². The Morgan fingerprint density at radius 2 is 0.659 bits per heavy atom. The predicted molar refractivity (Wildman–Crippen MR) is 365 cm³/mol. The minimum atomic E-state index is -0.522. The molecule has 88 heavy (non-hydrogen) atoms.